The number of aryl methyl sites for hydroxylation is 1. The second kappa shape index (κ2) is 7.54. The van der Waals surface area contributed by atoms with Crippen molar-refractivity contribution in [2.45, 2.75) is 44.4 Å². The van der Waals surface area contributed by atoms with Crippen molar-refractivity contribution in [3.63, 3.8) is 0 Å². The minimum absolute atomic E-state index is 0.0819. The van der Waals surface area contributed by atoms with Crippen LogP contribution in [-0.2, 0) is 20.7 Å². The molecule has 1 amide bonds. The lowest BCUT2D eigenvalue weighted by Gasteiger charge is -2.44. The molecule has 6 heteroatoms. The third-order valence-electron chi connectivity index (χ3n) is 5.37. The number of rotatable bonds is 5. The lowest BCUT2D eigenvalue weighted by molar-refractivity contribution is -0.165. The number of nitrogens with zero attached hydrogens (tertiary/aromatic N) is 2. The number of carboxylic acids is 1. The molecule has 1 N–H and O–H groups in total. The van der Waals surface area contributed by atoms with Crippen molar-refractivity contribution < 1.29 is 19.4 Å². The molecule has 3 rings (SSSR count). The summed E-state index contributed by atoms with van der Waals surface area (Å²) in [5.74, 6) is -1.11. The monoisotopic (exact) mass is 346 g/mol. The number of ether oxygens (including phenoxy) is 1. The number of carboxylic acid groups (broad SMARTS) is 1. The van der Waals surface area contributed by atoms with Gasteiger partial charge in [-0.1, -0.05) is 37.3 Å². The van der Waals surface area contributed by atoms with Crippen LogP contribution in [0.2, 0.25) is 0 Å². The van der Waals surface area contributed by atoms with E-state index < -0.39 is 17.7 Å². The molecule has 0 saturated carbocycles. The number of hydrogen-bond donors (Lipinski definition) is 1. The Kier molecular flexibility index (Phi) is 5.39. The van der Waals surface area contributed by atoms with E-state index in [9.17, 15) is 14.7 Å². The number of benzene rings is 1. The molecule has 2 aliphatic rings. The molecule has 0 radical (unpaired) electrons. The van der Waals surface area contributed by atoms with Crippen LogP contribution in [0.15, 0.2) is 30.3 Å². The van der Waals surface area contributed by atoms with Gasteiger partial charge in [-0.2, -0.15) is 0 Å². The van der Waals surface area contributed by atoms with E-state index >= 15 is 0 Å². The van der Waals surface area contributed by atoms with Gasteiger partial charge in [0.15, 0.2) is 6.04 Å². The van der Waals surface area contributed by atoms with Gasteiger partial charge in [0.25, 0.3) is 0 Å². The summed E-state index contributed by atoms with van der Waals surface area (Å²) in [6.45, 7) is 4.80. The average Bonchev–Trinajstić information content (AvgIpc) is 3.00. The summed E-state index contributed by atoms with van der Waals surface area (Å²) in [7, 11) is 0. The highest BCUT2D eigenvalue weighted by Gasteiger charge is 2.53. The lowest BCUT2D eigenvalue weighted by Crippen LogP contribution is -2.58. The smallest absolute Gasteiger partial charge is 0.328 e. The Balaban J connectivity index is 1.73. The van der Waals surface area contributed by atoms with Crippen LogP contribution in [0.4, 0.5) is 0 Å². The van der Waals surface area contributed by atoms with Gasteiger partial charge in [0.05, 0.1) is 6.61 Å². The Hall–Kier alpha value is -1.92. The predicted molar refractivity (Wildman–Crippen MR) is 93.1 cm³/mol. The van der Waals surface area contributed by atoms with E-state index in [1.165, 1.54) is 4.90 Å². The molecule has 1 aromatic carbocycles. The average molecular weight is 346 g/mol. The number of amides is 1. The third-order valence-corrected chi connectivity index (χ3v) is 5.37. The molecule has 2 aliphatic heterocycles. The molecule has 0 bridgehead atoms. The summed E-state index contributed by atoms with van der Waals surface area (Å²) in [5, 5.41) is 9.55. The maximum absolute atomic E-state index is 12.9. The summed E-state index contributed by atoms with van der Waals surface area (Å²) in [6.07, 6.45) is 2.25. The zero-order chi connectivity index (χ0) is 17.9. The number of hydrogen-bond acceptors (Lipinski definition) is 4. The van der Waals surface area contributed by atoms with Crippen LogP contribution >= 0.6 is 0 Å². The Labute approximate surface area is 148 Å². The number of likely N-dealkylation sites (tertiary alicyclic amines) is 1. The normalized spacial score (nSPS) is 23.1. The van der Waals surface area contributed by atoms with E-state index in [1.54, 1.807) is 0 Å². The largest absolute Gasteiger partial charge is 0.480 e. The summed E-state index contributed by atoms with van der Waals surface area (Å²) in [4.78, 5) is 28.4. The Morgan fingerprint density at radius 2 is 1.92 bits per heavy atom. The molecule has 2 heterocycles. The van der Waals surface area contributed by atoms with Gasteiger partial charge < -0.3 is 14.7 Å². The highest BCUT2D eigenvalue weighted by Crippen LogP contribution is 2.37. The molecule has 0 aromatic heterocycles. The second-order valence-electron chi connectivity index (χ2n) is 6.79. The van der Waals surface area contributed by atoms with E-state index in [1.807, 2.05) is 30.3 Å². The molecule has 1 atom stereocenters. The van der Waals surface area contributed by atoms with Crippen LogP contribution in [0.3, 0.4) is 0 Å². The fourth-order valence-corrected chi connectivity index (χ4v) is 3.87. The van der Waals surface area contributed by atoms with Crippen LogP contribution in [0.5, 0.6) is 0 Å². The van der Waals surface area contributed by atoms with Crippen molar-refractivity contribution in [1.29, 1.82) is 0 Å². The summed E-state index contributed by atoms with van der Waals surface area (Å²) in [6, 6.07) is 8.92. The molecule has 0 unspecified atom stereocenters. The first-order valence-electron chi connectivity index (χ1n) is 9.01. The van der Waals surface area contributed by atoms with Gasteiger partial charge in [-0.3, -0.25) is 9.69 Å². The van der Waals surface area contributed by atoms with Crippen LogP contribution in [0, 0.1) is 0 Å². The molecule has 0 aliphatic carbocycles. The zero-order valence-electron chi connectivity index (χ0n) is 14.7. The molecular formula is C19H26N2O4. The SMILES string of the molecule is CCN1CCC2(CC1)OC[C@H](C(=O)O)N2C(=O)CCc1ccccc1. The molecule has 1 aromatic rings. The van der Waals surface area contributed by atoms with E-state index in [4.69, 9.17) is 4.74 Å². The minimum atomic E-state index is -0.983. The molecule has 136 valence electrons. The van der Waals surface area contributed by atoms with E-state index in [0.717, 1.165) is 25.2 Å². The minimum Gasteiger partial charge on any atom is -0.480 e. The maximum atomic E-state index is 12.9. The van der Waals surface area contributed by atoms with Gasteiger partial charge >= 0.3 is 5.97 Å². The Bertz CT molecular complexity index is 611. The third kappa shape index (κ3) is 3.70. The van der Waals surface area contributed by atoms with Crippen molar-refractivity contribution in [1.82, 2.24) is 9.80 Å². The topological polar surface area (TPSA) is 70.1 Å². The highest BCUT2D eigenvalue weighted by atomic mass is 16.5. The van der Waals surface area contributed by atoms with Gasteiger partial charge in [-0.05, 0) is 18.5 Å². The van der Waals surface area contributed by atoms with Crippen molar-refractivity contribution in [2.75, 3.05) is 26.2 Å². The van der Waals surface area contributed by atoms with Gasteiger partial charge in [0, 0.05) is 32.4 Å². The predicted octanol–water partition coefficient (Wildman–Crippen LogP) is 1.74. The van der Waals surface area contributed by atoms with Crippen molar-refractivity contribution in [2.24, 2.45) is 0 Å². The van der Waals surface area contributed by atoms with E-state index in [0.29, 0.717) is 25.7 Å². The summed E-state index contributed by atoms with van der Waals surface area (Å²) >= 11 is 0. The van der Waals surface area contributed by atoms with Crippen LogP contribution in [0.1, 0.15) is 31.7 Å². The summed E-state index contributed by atoms with van der Waals surface area (Å²) < 4.78 is 5.93. The first-order chi connectivity index (χ1) is 12.1. The maximum Gasteiger partial charge on any atom is 0.328 e. The molecular weight excluding hydrogens is 320 g/mol. The van der Waals surface area contributed by atoms with Crippen LogP contribution in [0.25, 0.3) is 0 Å². The fraction of sp³-hybridized carbons (Fsp3) is 0.579. The number of carbonyl (C=O) groups excluding carboxylic acids is 1. The number of piperidine rings is 1. The highest BCUT2D eigenvalue weighted by molar-refractivity contribution is 5.85. The van der Waals surface area contributed by atoms with Gasteiger partial charge in [0.1, 0.15) is 5.72 Å². The number of aliphatic carboxylic acids is 1. The van der Waals surface area contributed by atoms with Crippen molar-refractivity contribution in [3.8, 4) is 0 Å². The fourth-order valence-electron chi connectivity index (χ4n) is 3.87. The first-order valence-corrected chi connectivity index (χ1v) is 9.01. The van der Waals surface area contributed by atoms with Gasteiger partial charge in [-0.15, -0.1) is 0 Å². The lowest BCUT2D eigenvalue weighted by atomic mass is 9.97. The van der Waals surface area contributed by atoms with Crippen LogP contribution < -0.4 is 0 Å². The number of carbonyl (C=O) groups is 2. The Morgan fingerprint density at radius 1 is 1.24 bits per heavy atom. The molecule has 1 spiro atoms. The Morgan fingerprint density at radius 3 is 2.52 bits per heavy atom. The van der Waals surface area contributed by atoms with Gasteiger partial charge in [0.2, 0.25) is 5.91 Å². The second-order valence-corrected chi connectivity index (χ2v) is 6.79. The van der Waals surface area contributed by atoms with Crippen LogP contribution in [-0.4, -0.2) is 64.8 Å². The van der Waals surface area contributed by atoms with Crippen molar-refractivity contribution in [3.05, 3.63) is 35.9 Å². The quantitative estimate of drug-likeness (QED) is 0.879. The molecule has 6 nitrogen and oxygen atoms in total. The van der Waals surface area contributed by atoms with Crippen molar-refractivity contribution >= 4 is 11.9 Å². The van der Waals surface area contributed by atoms with Gasteiger partial charge in [-0.25, -0.2) is 4.79 Å². The first kappa shape index (κ1) is 17.9. The molecule has 25 heavy (non-hydrogen) atoms. The van der Waals surface area contributed by atoms with E-state index in [-0.39, 0.29) is 12.5 Å². The molecule has 2 saturated heterocycles. The standard InChI is InChI=1S/C19H26N2O4/c1-2-20-12-10-19(11-13-20)21(16(14-25-19)18(23)24)17(22)9-8-15-6-4-3-5-7-15/h3-7,16H,2,8-14H2,1H3,(H,23,24)/t16-/m1/s1. The zero-order valence-corrected chi connectivity index (χ0v) is 14.7. The molecule has 2 fully saturated rings. The van der Waals surface area contributed by atoms with E-state index in [2.05, 4.69) is 11.8 Å². The summed E-state index contributed by atoms with van der Waals surface area (Å²) in [5.41, 5.74) is 0.334.